The number of rotatable bonds is 1. The number of nitrogens with two attached hydrogens (primary N) is 1. The summed E-state index contributed by atoms with van der Waals surface area (Å²) < 4.78 is 27.9. The van der Waals surface area contributed by atoms with E-state index in [0.717, 1.165) is 0 Å². The topological polar surface area (TPSA) is 72.6 Å². The summed E-state index contributed by atoms with van der Waals surface area (Å²) in [6, 6.07) is 0. The van der Waals surface area contributed by atoms with Gasteiger partial charge in [0.2, 0.25) is 0 Å². The third-order valence-corrected chi connectivity index (χ3v) is 2.62. The Morgan fingerprint density at radius 2 is 2.27 bits per heavy atom. The standard InChI is InChI=1S/C5H12N2O3S/c1-5-4-7(2-3-10-5)11(6,8)9/h5H,2-4H2,1H3,(H2,6,8,9)/t5-/m1/s1. The highest BCUT2D eigenvalue weighted by molar-refractivity contribution is 7.86. The zero-order chi connectivity index (χ0) is 8.48. The molecule has 0 amide bonds. The number of ether oxygens (including phenoxy) is 1. The molecule has 5 nitrogen and oxygen atoms in total. The molecule has 1 aliphatic rings. The second kappa shape index (κ2) is 3.06. The van der Waals surface area contributed by atoms with E-state index in [1.807, 2.05) is 6.92 Å². The van der Waals surface area contributed by atoms with Gasteiger partial charge in [0.25, 0.3) is 10.2 Å². The van der Waals surface area contributed by atoms with Gasteiger partial charge in [-0.3, -0.25) is 0 Å². The highest BCUT2D eigenvalue weighted by atomic mass is 32.2. The monoisotopic (exact) mass is 180 g/mol. The van der Waals surface area contributed by atoms with Gasteiger partial charge in [-0.2, -0.15) is 12.7 Å². The highest BCUT2D eigenvalue weighted by Crippen LogP contribution is 2.05. The molecule has 6 heteroatoms. The fourth-order valence-electron chi connectivity index (χ4n) is 1.02. The molecule has 0 aromatic heterocycles. The second-order valence-corrected chi connectivity index (χ2v) is 4.13. The van der Waals surface area contributed by atoms with Crippen molar-refractivity contribution in [2.75, 3.05) is 19.7 Å². The van der Waals surface area contributed by atoms with Gasteiger partial charge in [-0.05, 0) is 6.92 Å². The van der Waals surface area contributed by atoms with E-state index in [4.69, 9.17) is 9.88 Å². The van der Waals surface area contributed by atoms with Crippen molar-refractivity contribution >= 4 is 10.2 Å². The van der Waals surface area contributed by atoms with Crippen molar-refractivity contribution in [2.24, 2.45) is 5.14 Å². The van der Waals surface area contributed by atoms with Gasteiger partial charge in [-0.25, -0.2) is 5.14 Å². The summed E-state index contributed by atoms with van der Waals surface area (Å²) >= 11 is 0. The molecule has 0 radical (unpaired) electrons. The fraction of sp³-hybridized carbons (Fsp3) is 1.00. The summed E-state index contributed by atoms with van der Waals surface area (Å²) in [6.45, 7) is 2.97. The fourth-order valence-corrected chi connectivity index (χ4v) is 1.76. The molecular formula is C5H12N2O3S. The maximum atomic E-state index is 10.8. The van der Waals surface area contributed by atoms with Crippen molar-refractivity contribution in [1.29, 1.82) is 0 Å². The predicted octanol–water partition coefficient (Wildman–Crippen LogP) is -1.09. The lowest BCUT2D eigenvalue weighted by molar-refractivity contribution is 0.0102. The Morgan fingerprint density at radius 1 is 1.64 bits per heavy atom. The maximum Gasteiger partial charge on any atom is 0.277 e. The van der Waals surface area contributed by atoms with Crippen molar-refractivity contribution in [2.45, 2.75) is 13.0 Å². The van der Waals surface area contributed by atoms with E-state index in [0.29, 0.717) is 19.7 Å². The van der Waals surface area contributed by atoms with Gasteiger partial charge < -0.3 is 4.74 Å². The van der Waals surface area contributed by atoms with Gasteiger partial charge in [-0.1, -0.05) is 0 Å². The zero-order valence-electron chi connectivity index (χ0n) is 6.36. The van der Waals surface area contributed by atoms with Crippen LogP contribution in [-0.4, -0.2) is 38.5 Å². The van der Waals surface area contributed by atoms with E-state index < -0.39 is 10.2 Å². The number of nitrogens with zero attached hydrogens (tertiary/aromatic N) is 1. The Labute approximate surface area is 66.3 Å². The first-order valence-electron chi connectivity index (χ1n) is 3.39. The van der Waals surface area contributed by atoms with Crippen LogP contribution in [0.3, 0.4) is 0 Å². The van der Waals surface area contributed by atoms with Crippen LogP contribution in [0, 0.1) is 0 Å². The first-order chi connectivity index (χ1) is 5.00. The normalized spacial score (nSPS) is 28.7. The molecule has 1 aliphatic heterocycles. The van der Waals surface area contributed by atoms with Crippen molar-refractivity contribution in [3.05, 3.63) is 0 Å². The van der Waals surface area contributed by atoms with Crippen LogP contribution in [0.5, 0.6) is 0 Å². The van der Waals surface area contributed by atoms with Crippen molar-refractivity contribution in [1.82, 2.24) is 4.31 Å². The molecule has 0 aromatic carbocycles. The van der Waals surface area contributed by atoms with Crippen LogP contribution < -0.4 is 5.14 Å². The first-order valence-corrected chi connectivity index (χ1v) is 4.90. The molecule has 1 atom stereocenters. The molecule has 11 heavy (non-hydrogen) atoms. The largest absolute Gasteiger partial charge is 0.376 e. The zero-order valence-corrected chi connectivity index (χ0v) is 7.17. The summed E-state index contributed by atoms with van der Waals surface area (Å²) in [6.07, 6.45) is -0.0536. The molecule has 1 fully saturated rings. The van der Waals surface area contributed by atoms with Gasteiger partial charge in [0.15, 0.2) is 0 Å². The molecular weight excluding hydrogens is 168 g/mol. The molecule has 1 rings (SSSR count). The van der Waals surface area contributed by atoms with Crippen LogP contribution in [0.2, 0.25) is 0 Å². The lowest BCUT2D eigenvalue weighted by atomic mass is 10.3. The summed E-state index contributed by atoms with van der Waals surface area (Å²) in [5.74, 6) is 0. The minimum absolute atomic E-state index is 0.0536. The van der Waals surface area contributed by atoms with Crippen LogP contribution in [0.4, 0.5) is 0 Å². The van der Waals surface area contributed by atoms with E-state index in [2.05, 4.69) is 0 Å². The molecule has 0 aliphatic carbocycles. The van der Waals surface area contributed by atoms with Gasteiger partial charge in [0.1, 0.15) is 0 Å². The van der Waals surface area contributed by atoms with E-state index in [1.165, 1.54) is 4.31 Å². The third-order valence-electron chi connectivity index (χ3n) is 1.56. The molecule has 66 valence electrons. The molecule has 0 spiro atoms. The molecule has 0 aromatic rings. The van der Waals surface area contributed by atoms with Crippen LogP contribution in [0.15, 0.2) is 0 Å². The summed E-state index contributed by atoms with van der Waals surface area (Å²) in [7, 11) is -3.51. The number of hydrogen-bond donors (Lipinski definition) is 1. The van der Waals surface area contributed by atoms with Crippen LogP contribution in [-0.2, 0) is 14.9 Å². The molecule has 0 saturated carbocycles. The van der Waals surface area contributed by atoms with E-state index in [1.54, 1.807) is 0 Å². The van der Waals surface area contributed by atoms with Crippen LogP contribution in [0.25, 0.3) is 0 Å². The Kier molecular flexibility index (Phi) is 2.48. The van der Waals surface area contributed by atoms with Gasteiger partial charge in [0.05, 0.1) is 12.7 Å². The SMILES string of the molecule is C[C@@H]1CN(S(N)(=O)=O)CCO1. The number of morpholine rings is 1. The van der Waals surface area contributed by atoms with Crippen molar-refractivity contribution in [3.63, 3.8) is 0 Å². The Balaban J connectivity index is 2.60. The van der Waals surface area contributed by atoms with Crippen LogP contribution >= 0.6 is 0 Å². The van der Waals surface area contributed by atoms with Gasteiger partial charge in [0, 0.05) is 13.1 Å². The minimum atomic E-state index is -3.51. The third kappa shape index (κ3) is 2.41. The molecule has 1 saturated heterocycles. The second-order valence-electron chi connectivity index (χ2n) is 2.58. The Bertz CT molecular complexity index is 226. The molecule has 1 heterocycles. The maximum absolute atomic E-state index is 10.8. The van der Waals surface area contributed by atoms with E-state index >= 15 is 0 Å². The van der Waals surface area contributed by atoms with Crippen molar-refractivity contribution < 1.29 is 13.2 Å². The first kappa shape index (κ1) is 8.92. The number of hydrogen-bond acceptors (Lipinski definition) is 3. The lowest BCUT2D eigenvalue weighted by Gasteiger charge is -2.28. The summed E-state index contributed by atoms with van der Waals surface area (Å²) in [5, 5.41) is 4.92. The minimum Gasteiger partial charge on any atom is -0.376 e. The summed E-state index contributed by atoms with van der Waals surface area (Å²) in [4.78, 5) is 0. The quantitative estimate of drug-likeness (QED) is 0.557. The molecule has 2 N–H and O–H groups in total. The Morgan fingerprint density at radius 3 is 2.64 bits per heavy atom. The van der Waals surface area contributed by atoms with Crippen molar-refractivity contribution in [3.8, 4) is 0 Å². The lowest BCUT2D eigenvalue weighted by Crippen LogP contribution is -2.47. The Hall–Kier alpha value is -0.170. The molecule has 0 bridgehead atoms. The average molecular weight is 180 g/mol. The molecule has 0 unspecified atom stereocenters. The van der Waals surface area contributed by atoms with Gasteiger partial charge in [-0.15, -0.1) is 0 Å². The average Bonchev–Trinajstić information content (AvgIpc) is 1.86. The smallest absolute Gasteiger partial charge is 0.277 e. The van der Waals surface area contributed by atoms with Gasteiger partial charge >= 0.3 is 0 Å². The highest BCUT2D eigenvalue weighted by Gasteiger charge is 2.23. The van der Waals surface area contributed by atoms with E-state index in [9.17, 15) is 8.42 Å². The summed E-state index contributed by atoms with van der Waals surface area (Å²) in [5.41, 5.74) is 0. The van der Waals surface area contributed by atoms with E-state index in [-0.39, 0.29) is 6.10 Å². The van der Waals surface area contributed by atoms with Crippen LogP contribution in [0.1, 0.15) is 6.92 Å². The predicted molar refractivity (Wildman–Crippen MR) is 40.1 cm³/mol.